The number of carbonyl (C=O) groups is 2. The first kappa shape index (κ1) is 27.0. The molecule has 7 nitrogen and oxygen atoms in total. The minimum Gasteiger partial charge on any atom is -0.334 e. The number of hydrogen-bond acceptors (Lipinski definition) is 3. The fourth-order valence-corrected chi connectivity index (χ4v) is 3.91. The largest absolute Gasteiger partial charge is 0.334 e. The molecule has 3 aromatic rings. The van der Waals surface area contributed by atoms with Crippen LogP contribution in [-0.4, -0.2) is 39.7 Å². The first-order valence-corrected chi connectivity index (χ1v) is 12.6. The van der Waals surface area contributed by atoms with Crippen molar-refractivity contribution in [2.24, 2.45) is 0 Å². The predicted molar refractivity (Wildman–Crippen MR) is 146 cm³/mol. The van der Waals surface area contributed by atoms with Gasteiger partial charge in [0.25, 0.3) is 0 Å². The van der Waals surface area contributed by atoms with Gasteiger partial charge in [-0.2, -0.15) is 5.10 Å². The van der Waals surface area contributed by atoms with Crippen LogP contribution in [0.5, 0.6) is 0 Å². The molecule has 0 aliphatic carbocycles. The van der Waals surface area contributed by atoms with Gasteiger partial charge in [-0.05, 0) is 37.5 Å². The lowest BCUT2D eigenvalue weighted by molar-refractivity contribution is -0.116. The molecule has 0 unspecified atom stereocenters. The number of hydrogen-bond donors (Lipinski definition) is 2. The third-order valence-electron chi connectivity index (χ3n) is 6.02. The summed E-state index contributed by atoms with van der Waals surface area (Å²) in [6, 6.07) is 17.6. The van der Waals surface area contributed by atoms with Crippen molar-refractivity contribution in [2.45, 2.75) is 66.3 Å². The highest BCUT2D eigenvalue weighted by atomic mass is 16.2. The van der Waals surface area contributed by atoms with Gasteiger partial charge in [0.1, 0.15) is 12.4 Å². The van der Waals surface area contributed by atoms with Gasteiger partial charge < -0.3 is 15.5 Å². The molecular formula is C29H39N5O2. The number of nitrogens with one attached hydrogen (secondary N) is 2. The van der Waals surface area contributed by atoms with E-state index in [1.165, 1.54) is 0 Å². The van der Waals surface area contributed by atoms with Crippen LogP contribution in [0, 0.1) is 13.8 Å². The van der Waals surface area contributed by atoms with E-state index in [0.29, 0.717) is 18.9 Å². The van der Waals surface area contributed by atoms with Crippen molar-refractivity contribution >= 4 is 17.8 Å². The second kappa shape index (κ2) is 11.9. The van der Waals surface area contributed by atoms with Crippen molar-refractivity contribution in [2.75, 3.05) is 18.4 Å². The summed E-state index contributed by atoms with van der Waals surface area (Å²) >= 11 is 0. The van der Waals surface area contributed by atoms with Gasteiger partial charge in [-0.25, -0.2) is 9.48 Å². The Morgan fingerprint density at radius 2 is 1.75 bits per heavy atom. The molecule has 7 heteroatoms. The Balaban J connectivity index is 1.79. The summed E-state index contributed by atoms with van der Waals surface area (Å²) in [7, 11) is 0. The van der Waals surface area contributed by atoms with E-state index in [-0.39, 0.29) is 23.9 Å². The molecule has 3 amide bonds. The van der Waals surface area contributed by atoms with Gasteiger partial charge in [-0.15, -0.1) is 0 Å². The van der Waals surface area contributed by atoms with Gasteiger partial charge in [-0.1, -0.05) is 82.1 Å². The first-order chi connectivity index (χ1) is 17.1. The van der Waals surface area contributed by atoms with E-state index < -0.39 is 0 Å². The van der Waals surface area contributed by atoms with Crippen LogP contribution in [-0.2, 0) is 16.8 Å². The Morgan fingerprint density at radius 3 is 2.39 bits per heavy atom. The number of unbranched alkanes of at least 4 members (excludes halogenated alkanes) is 1. The molecule has 0 aliphatic heterocycles. The van der Waals surface area contributed by atoms with Crippen LogP contribution in [0.3, 0.4) is 0 Å². The molecule has 192 valence electrons. The van der Waals surface area contributed by atoms with Gasteiger partial charge >= 0.3 is 6.03 Å². The molecular weight excluding hydrogens is 450 g/mol. The lowest BCUT2D eigenvalue weighted by atomic mass is 9.92. The van der Waals surface area contributed by atoms with Gasteiger partial charge in [0, 0.05) is 24.6 Å². The molecule has 3 rings (SSSR count). The molecule has 0 spiro atoms. The van der Waals surface area contributed by atoms with E-state index >= 15 is 0 Å². The number of rotatable bonds is 9. The number of aromatic nitrogens is 2. The van der Waals surface area contributed by atoms with Gasteiger partial charge in [0.2, 0.25) is 5.91 Å². The normalized spacial score (nSPS) is 11.3. The summed E-state index contributed by atoms with van der Waals surface area (Å²) in [5.41, 5.74) is 4.85. The maximum Gasteiger partial charge on any atom is 0.318 e. The van der Waals surface area contributed by atoms with Gasteiger partial charge in [-0.3, -0.25) is 4.79 Å². The lowest BCUT2D eigenvalue weighted by Gasteiger charge is -2.22. The Kier molecular flexibility index (Phi) is 8.91. The van der Waals surface area contributed by atoms with Crippen molar-refractivity contribution in [1.82, 2.24) is 20.0 Å². The molecule has 0 radical (unpaired) electrons. The molecule has 1 heterocycles. The monoisotopic (exact) mass is 489 g/mol. The Morgan fingerprint density at radius 1 is 1.03 bits per heavy atom. The van der Waals surface area contributed by atoms with E-state index in [4.69, 9.17) is 5.10 Å². The maximum absolute atomic E-state index is 13.2. The summed E-state index contributed by atoms with van der Waals surface area (Å²) in [6.07, 6.45) is 1.75. The smallest absolute Gasteiger partial charge is 0.318 e. The molecule has 0 saturated carbocycles. The molecule has 2 N–H and O–H groups in total. The van der Waals surface area contributed by atoms with E-state index in [9.17, 15) is 9.59 Å². The fraction of sp³-hybridized carbons (Fsp3) is 0.414. The third-order valence-corrected chi connectivity index (χ3v) is 6.02. The summed E-state index contributed by atoms with van der Waals surface area (Å²) in [6.45, 7) is 13.3. The average molecular weight is 490 g/mol. The van der Waals surface area contributed by atoms with Crippen LogP contribution >= 0.6 is 0 Å². The number of amides is 3. The highest BCUT2D eigenvalue weighted by molar-refractivity contribution is 5.94. The Hall–Kier alpha value is -3.61. The van der Waals surface area contributed by atoms with Crippen molar-refractivity contribution in [3.05, 3.63) is 77.0 Å². The van der Waals surface area contributed by atoms with Crippen LogP contribution in [0.15, 0.2) is 54.6 Å². The average Bonchev–Trinajstić information content (AvgIpc) is 3.24. The zero-order chi connectivity index (χ0) is 26.3. The molecule has 1 aromatic heterocycles. The first-order valence-electron chi connectivity index (χ1n) is 12.6. The van der Waals surface area contributed by atoms with Crippen molar-refractivity contribution in [1.29, 1.82) is 0 Å². The summed E-state index contributed by atoms with van der Waals surface area (Å²) in [4.78, 5) is 27.7. The zero-order valence-corrected chi connectivity index (χ0v) is 22.4. The number of aryl methyl sites for hydroxylation is 2. The summed E-state index contributed by atoms with van der Waals surface area (Å²) in [5, 5.41) is 10.8. The highest BCUT2D eigenvalue weighted by Gasteiger charge is 2.23. The van der Waals surface area contributed by atoms with E-state index in [1.54, 1.807) is 9.58 Å². The molecule has 2 aromatic carbocycles. The number of nitrogens with zero attached hydrogens (tertiary/aromatic N) is 3. The zero-order valence-electron chi connectivity index (χ0n) is 22.4. The molecule has 0 saturated heterocycles. The van der Waals surface area contributed by atoms with E-state index in [1.807, 2.05) is 55.5 Å². The predicted octanol–water partition coefficient (Wildman–Crippen LogP) is 5.74. The van der Waals surface area contributed by atoms with Crippen LogP contribution in [0.4, 0.5) is 10.6 Å². The Bertz CT molecular complexity index is 1180. The number of urea groups is 1. The maximum atomic E-state index is 13.2. The minimum absolute atomic E-state index is 0.0382. The number of carbonyl (C=O) groups excluding carboxylic acids is 2. The second-order valence-corrected chi connectivity index (χ2v) is 10.3. The second-order valence-electron chi connectivity index (χ2n) is 10.3. The van der Waals surface area contributed by atoms with Crippen molar-refractivity contribution in [3.63, 3.8) is 0 Å². The Labute approximate surface area is 214 Å². The number of anilines is 1. The molecule has 36 heavy (non-hydrogen) atoms. The van der Waals surface area contributed by atoms with Gasteiger partial charge in [0.05, 0.1) is 11.4 Å². The standard InChI is InChI=1S/C29H39N5O2/c1-7-8-16-33(28(36)30-19-23-12-10-9-11-13-23)20-27(35)31-26-18-25(29(4,5)6)32-34(26)24-15-14-21(2)17-22(24)3/h9-15,17-18H,7-8,16,19-20H2,1-6H3,(H,30,36)(H,31,35). The van der Waals surface area contributed by atoms with Crippen molar-refractivity contribution in [3.8, 4) is 5.69 Å². The van der Waals surface area contributed by atoms with E-state index in [0.717, 1.165) is 40.9 Å². The molecule has 0 atom stereocenters. The fourth-order valence-electron chi connectivity index (χ4n) is 3.91. The topological polar surface area (TPSA) is 79.3 Å². The number of benzene rings is 2. The van der Waals surface area contributed by atoms with Gasteiger partial charge in [0.15, 0.2) is 0 Å². The molecule has 0 aliphatic rings. The summed E-state index contributed by atoms with van der Waals surface area (Å²) in [5.74, 6) is 0.337. The van der Waals surface area contributed by atoms with Crippen LogP contribution in [0.2, 0.25) is 0 Å². The molecule has 0 bridgehead atoms. The quantitative estimate of drug-likeness (QED) is 0.402. The summed E-state index contributed by atoms with van der Waals surface area (Å²) < 4.78 is 1.79. The van der Waals surface area contributed by atoms with Crippen LogP contribution < -0.4 is 10.6 Å². The van der Waals surface area contributed by atoms with Crippen LogP contribution in [0.1, 0.15) is 62.9 Å². The SMILES string of the molecule is CCCCN(CC(=O)Nc1cc(C(C)(C)C)nn1-c1ccc(C)cc1C)C(=O)NCc1ccccc1. The van der Waals surface area contributed by atoms with E-state index in [2.05, 4.69) is 51.3 Å². The minimum atomic E-state index is -0.257. The van der Waals surface area contributed by atoms with Crippen molar-refractivity contribution < 1.29 is 9.59 Å². The molecule has 0 fully saturated rings. The van der Waals surface area contributed by atoms with Crippen LogP contribution in [0.25, 0.3) is 5.69 Å². The lowest BCUT2D eigenvalue weighted by Crippen LogP contribution is -2.44. The highest BCUT2D eigenvalue weighted by Crippen LogP contribution is 2.27. The third kappa shape index (κ3) is 7.20.